The predicted molar refractivity (Wildman–Crippen MR) is 90.7 cm³/mol. The lowest BCUT2D eigenvalue weighted by molar-refractivity contribution is -0.140. The van der Waals surface area contributed by atoms with Crippen LogP contribution < -0.4 is 0 Å². The van der Waals surface area contributed by atoms with Gasteiger partial charge in [-0.25, -0.2) is 0 Å². The summed E-state index contributed by atoms with van der Waals surface area (Å²) in [5.74, 6) is 1.03. The predicted octanol–water partition coefficient (Wildman–Crippen LogP) is 3.49. The monoisotopic (exact) mass is 353 g/mol. The number of halogens is 3. The van der Waals surface area contributed by atoms with Crippen LogP contribution in [-0.2, 0) is 22.5 Å². The topological polar surface area (TPSA) is 29.5 Å². The summed E-state index contributed by atoms with van der Waals surface area (Å²) in [5, 5.41) is 0. The minimum Gasteiger partial charge on any atom is -0.469 e. The van der Waals surface area contributed by atoms with Crippen LogP contribution in [0.2, 0.25) is 0 Å². The van der Waals surface area contributed by atoms with Crippen molar-refractivity contribution in [3.05, 3.63) is 35.4 Å². The van der Waals surface area contributed by atoms with Gasteiger partial charge in [0.05, 0.1) is 7.11 Å². The quantitative estimate of drug-likeness (QED) is 0.502. The normalized spacial score (nSPS) is 10.3. The number of carbonyl (C=O) groups is 1. The van der Waals surface area contributed by atoms with Gasteiger partial charge in [0.15, 0.2) is 0 Å². The van der Waals surface area contributed by atoms with E-state index in [0.717, 1.165) is 25.2 Å². The zero-order valence-electron chi connectivity index (χ0n) is 12.2. The Balaban J connectivity index is 0.00000400. The van der Waals surface area contributed by atoms with E-state index in [0.29, 0.717) is 24.6 Å². The Labute approximate surface area is 143 Å². The van der Waals surface area contributed by atoms with E-state index in [2.05, 4.69) is 33.9 Å². The zero-order chi connectivity index (χ0) is 14.8. The van der Waals surface area contributed by atoms with Crippen LogP contribution in [0.25, 0.3) is 0 Å². The summed E-state index contributed by atoms with van der Waals surface area (Å²) in [6.45, 7) is 2.51. The standard InChI is InChI=1S/C15H21Cl2NO2.ClH/c1-20-15(19)7-6-13-2-4-14(5-3-13)12-18(10-8-16)11-9-17;/h2-5H,6-12H2,1H3;1H. The molecule has 0 fully saturated rings. The van der Waals surface area contributed by atoms with Gasteiger partial charge in [-0.1, -0.05) is 24.3 Å². The van der Waals surface area contributed by atoms with E-state index in [4.69, 9.17) is 23.2 Å². The first-order valence-corrected chi connectivity index (χ1v) is 7.75. The molecule has 0 saturated carbocycles. The van der Waals surface area contributed by atoms with Crippen molar-refractivity contribution in [3.63, 3.8) is 0 Å². The molecule has 0 heterocycles. The molecule has 1 aromatic rings. The van der Waals surface area contributed by atoms with Gasteiger partial charge in [-0.3, -0.25) is 9.69 Å². The highest BCUT2D eigenvalue weighted by Crippen LogP contribution is 2.10. The molecule has 0 atom stereocenters. The Bertz CT molecular complexity index is 392. The molecule has 21 heavy (non-hydrogen) atoms. The maximum atomic E-state index is 11.1. The molecule has 6 heteroatoms. The van der Waals surface area contributed by atoms with Crippen molar-refractivity contribution in [3.8, 4) is 0 Å². The summed E-state index contributed by atoms with van der Waals surface area (Å²) >= 11 is 11.6. The number of ether oxygens (including phenoxy) is 1. The molecule has 0 amide bonds. The largest absolute Gasteiger partial charge is 0.469 e. The second kappa shape index (κ2) is 12.1. The van der Waals surface area contributed by atoms with Crippen molar-refractivity contribution in [2.75, 3.05) is 32.0 Å². The second-order valence-corrected chi connectivity index (χ2v) is 5.30. The summed E-state index contributed by atoms with van der Waals surface area (Å²) in [7, 11) is 1.41. The molecule has 0 aliphatic heterocycles. The molecule has 0 spiro atoms. The lowest BCUT2D eigenvalue weighted by atomic mass is 10.1. The van der Waals surface area contributed by atoms with Gasteiger partial charge < -0.3 is 4.74 Å². The van der Waals surface area contributed by atoms with Gasteiger partial charge in [0, 0.05) is 37.8 Å². The van der Waals surface area contributed by atoms with Crippen LogP contribution in [0.4, 0.5) is 0 Å². The first-order chi connectivity index (χ1) is 9.69. The number of benzene rings is 1. The van der Waals surface area contributed by atoms with Crippen LogP contribution in [0.15, 0.2) is 24.3 Å². The van der Waals surface area contributed by atoms with Crippen molar-refractivity contribution in [2.45, 2.75) is 19.4 Å². The Morgan fingerprint density at radius 2 is 1.62 bits per heavy atom. The van der Waals surface area contributed by atoms with Crippen LogP contribution in [0, 0.1) is 0 Å². The fraction of sp³-hybridized carbons (Fsp3) is 0.533. The molecule has 0 bridgehead atoms. The zero-order valence-corrected chi connectivity index (χ0v) is 14.5. The maximum Gasteiger partial charge on any atom is 0.305 e. The van der Waals surface area contributed by atoms with Crippen LogP contribution in [0.5, 0.6) is 0 Å². The highest BCUT2D eigenvalue weighted by atomic mass is 35.5. The van der Waals surface area contributed by atoms with E-state index in [9.17, 15) is 4.79 Å². The summed E-state index contributed by atoms with van der Waals surface area (Å²) in [4.78, 5) is 13.3. The molecule has 0 aromatic heterocycles. The van der Waals surface area contributed by atoms with Gasteiger partial charge in [0.1, 0.15) is 0 Å². The highest BCUT2D eigenvalue weighted by molar-refractivity contribution is 6.18. The number of esters is 1. The van der Waals surface area contributed by atoms with E-state index >= 15 is 0 Å². The highest BCUT2D eigenvalue weighted by Gasteiger charge is 2.05. The third-order valence-electron chi connectivity index (χ3n) is 3.08. The molecule has 1 rings (SSSR count). The van der Waals surface area contributed by atoms with Crippen molar-refractivity contribution in [1.29, 1.82) is 0 Å². The number of hydrogen-bond acceptors (Lipinski definition) is 3. The van der Waals surface area contributed by atoms with Crippen molar-refractivity contribution in [1.82, 2.24) is 4.90 Å². The number of methoxy groups -OCH3 is 1. The number of rotatable bonds is 9. The van der Waals surface area contributed by atoms with E-state index in [1.807, 2.05) is 0 Å². The molecule has 1 aromatic carbocycles. The van der Waals surface area contributed by atoms with Crippen LogP contribution >= 0.6 is 35.6 Å². The average molecular weight is 355 g/mol. The molecule has 0 saturated heterocycles. The van der Waals surface area contributed by atoms with Crippen LogP contribution in [-0.4, -0.2) is 42.8 Å². The van der Waals surface area contributed by atoms with Crippen LogP contribution in [0.3, 0.4) is 0 Å². The number of carbonyl (C=O) groups excluding carboxylic acids is 1. The molecule has 0 radical (unpaired) electrons. The molecule has 0 aliphatic carbocycles. The molecule has 0 aliphatic rings. The summed E-state index contributed by atoms with van der Waals surface area (Å²) < 4.78 is 4.63. The van der Waals surface area contributed by atoms with Gasteiger partial charge in [0.25, 0.3) is 0 Å². The van der Waals surface area contributed by atoms with Gasteiger partial charge in [-0.15, -0.1) is 35.6 Å². The van der Waals surface area contributed by atoms with Crippen LogP contribution in [0.1, 0.15) is 17.5 Å². The van der Waals surface area contributed by atoms with Gasteiger partial charge >= 0.3 is 5.97 Å². The third-order valence-corrected chi connectivity index (χ3v) is 3.41. The Hall–Kier alpha value is -0.480. The molecule has 0 unspecified atom stereocenters. The fourth-order valence-electron chi connectivity index (χ4n) is 1.93. The SMILES string of the molecule is COC(=O)CCc1ccc(CN(CCCl)CCCl)cc1.Cl. The van der Waals surface area contributed by atoms with E-state index < -0.39 is 0 Å². The van der Waals surface area contributed by atoms with Crippen molar-refractivity contribution in [2.24, 2.45) is 0 Å². The number of nitrogens with zero attached hydrogens (tertiary/aromatic N) is 1. The second-order valence-electron chi connectivity index (χ2n) is 4.55. The number of aryl methyl sites for hydroxylation is 1. The van der Waals surface area contributed by atoms with Gasteiger partial charge in [-0.2, -0.15) is 0 Å². The minimum atomic E-state index is -0.176. The fourth-order valence-corrected chi connectivity index (χ4v) is 2.41. The van der Waals surface area contributed by atoms with Gasteiger partial charge in [-0.05, 0) is 17.5 Å². The smallest absolute Gasteiger partial charge is 0.305 e. The third kappa shape index (κ3) is 8.52. The maximum absolute atomic E-state index is 11.1. The number of hydrogen-bond donors (Lipinski definition) is 0. The molecule has 3 nitrogen and oxygen atoms in total. The van der Waals surface area contributed by atoms with E-state index in [-0.39, 0.29) is 18.4 Å². The first-order valence-electron chi connectivity index (χ1n) is 6.68. The summed E-state index contributed by atoms with van der Waals surface area (Å²) in [5.41, 5.74) is 2.36. The van der Waals surface area contributed by atoms with Crippen molar-refractivity contribution >= 4 is 41.6 Å². The minimum absolute atomic E-state index is 0. The Morgan fingerprint density at radius 1 is 1.10 bits per heavy atom. The molecule has 120 valence electrons. The lowest BCUT2D eigenvalue weighted by Crippen LogP contribution is -2.27. The summed E-state index contributed by atoms with van der Waals surface area (Å²) in [6, 6.07) is 8.28. The lowest BCUT2D eigenvalue weighted by Gasteiger charge is -2.20. The Morgan fingerprint density at radius 3 is 2.10 bits per heavy atom. The molecule has 0 N–H and O–H groups in total. The van der Waals surface area contributed by atoms with E-state index in [1.165, 1.54) is 12.7 Å². The van der Waals surface area contributed by atoms with E-state index in [1.54, 1.807) is 0 Å². The summed E-state index contributed by atoms with van der Waals surface area (Å²) in [6.07, 6.45) is 1.13. The number of alkyl halides is 2. The molecular formula is C15H22Cl3NO2. The van der Waals surface area contributed by atoms with Gasteiger partial charge in [0.2, 0.25) is 0 Å². The van der Waals surface area contributed by atoms with Crippen molar-refractivity contribution < 1.29 is 9.53 Å². The average Bonchev–Trinajstić information content (AvgIpc) is 2.46. The first kappa shape index (κ1) is 20.5. The molecular weight excluding hydrogens is 333 g/mol. The Kier molecular flexibility index (Phi) is 11.8.